The molecule has 1 aromatic heterocycles. The highest BCUT2D eigenvalue weighted by Gasteiger charge is 2.11. The van der Waals surface area contributed by atoms with E-state index in [1.807, 2.05) is 12.1 Å². The number of benzene rings is 1. The van der Waals surface area contributed by atoms with E-state index in [1.54, 1.807) is 25.2 Å². The van der Waals surface area contributed by atoms with Crippen molar-refractivity contribution in [1.29, 1.82) is 0 Å². The number of thiophene rings is 1. The van der Waals surface area contributed by atoms with Crippen molar-refractivity contribution in [1.82, 2.24) is 5.32 Å². The molecule has 1 aromatic carbocycles. The normalized spacial score (nSPS) is 10.3. The highest BCUT2D eigenvalue weighted by Crippen LogP contribution is 2.22. The summed E-state index contributed by atoms with van der Waals surface area (Å²) in [6.07, 6.45) is 0. The highest BCUT2D eigenvalue weighted by molar-refractivity contribution is 7.16. The van der Waals surface area contributed by atoms with Gasteiger partial charge >= 0.3 is 0 Å². The summed E-state index contributed by atoms with van der Waals surface area (Å²) in [4.78, 5) is 13.1. The first-order valence-electron chi connectivity index (χ1n) is 5.60. The summed E-state index contributed by atoms with van der Waals surface area (Å²) < 4.78 is 0.711. The monoisotopic (exact) mass is 314 g/mol. The van der Waals surface area contributed by atoms with Crippen LogP contribution in [0.4, 0.5) is 5.69 Å². The van der Waals surface area contributed by atoms with Crippen LogP contribution in [0.25, 0.3) is 0 Å². The standard InChI is InChI=1S/C13H12Cl2N2OS/c1-16-11-4-2-8(14)6-10(11)13(18)17-7-9-3-5-12(15)19-9/h2-6,16H,7H2,1H3,(H,17,18). The van der Waals surface area contributed by atoms with Crippen LogP contribution >= 0.6 is 34.5 Å². The SMILES string of the molecule is CNc1ccc(Cl)cc1C(=O)NCc1ccc(Cl)s1. The fourth-order valence-electron chi connectivity index (χ4n) is 1.63. The van der Waals surface area contributed by atoms with Gasteiger partial charge in [0.25, 0.3) is 5.91 Å². The molecule has 0 saturated heterocycles. The first-order chi connectivity index (χ1) is 9.10. The van der Waals surface area contributed by atoms with Gasteiger partial charge in [-0.15, -0.1) is 11.3 Å². The Hall–Kier alpha value is -1.23. The maximum absolute atomic E-state index is 12.1. The van der Waals surface area contributed by atoms with E-state index in [1.165, 1.54) is 11.3 Å². The predicted octanol–water partition coefficient (Wildman–Crippen LogP) is 4.03. The maximum atomic E-state index is 12.1. The van der Waals surface area contributed by atoms with Crippen molar-refractivity contribution in [3.05, 3.63) is 50.1 Å². The van der Waals surface area contributed by atoms with Gasteiger partial charge in [-0.25, -0.2) is 0 Å². The topological polar surface area (TPSA) is 41.1 Å². The van der Waals surface area contributed by atoms with Gasteiger partial charge in [0.05, 0.1) is 16.4 Å². The molecule has 0 saturated carbocycles. The Morgan fingerprint density at radius 1 is 1.26 bits per heavy atom. The van der Waals surface area contributed by atoms with E-state index in [2.05, 4.69) is 10.6 Å². The van der Waals surface area contributed by atoms with Crippen LogP contribution < -0.4 is 10.6 Å². The van der Waals surface area contributed by atoms with Gasteiger partial charge in [0, 0.05) is 22.6 Å². The number of hydrogen-bond donors (Lipinski definition) is 2. The molecule has 100 valence electrons. The van der Waals surface area contributed by atoms with E-state index in [0.29, 0.717) is 21.5 Å². The molecule has 0 unspecified atom stereocenters. The van der Waals surface area contributed by atoms with Crippen molar-refractivity contribution in [2.45, 2.75) is 6.54 Å². The van der Waals surface area contributed by atoms with Crippen LogP contribution in [0.2, 0.25) is 9.36 Å². The van der Waals surface area contributed by atoms with Gasteiger partial charge in [0.1, 0.15) is 0 Å². The zero-order chi connectivity index (χ0) is 13.8. The summed E-state index contributed by atoms with van der Waals surface area (Å²) in [7, 11) is 1.76. The zero-order valence-electron chi connectivity index (χ0n) is 10.2. The lowest BCUT2D eigenvalue weighted by Gasteiger charge is -2.09. The molecule has 3 nitrogen and oxygen atoms in total. The summed E-state index contributed by atoms with van der Waals surface area (Å²) in [6.45, 7) is 0.450. The van der Waals surface area contributed by atoms with E-state index in [4.69, 9.17) is 23.2 Å². The molecular weight excluding hydrogens is 303 g/mol. The number of hydrogen-bond acceptors (Lipinski definition) is 3. The quantitative estimate of drug-likeness (QED) is 0.894. The summed E-state index contributed by atoms with van der Waals surface area (Å²) in [5.41, 5.74) is 1.27. The van der Waals surface area contributed by atoms with Crippen molar-refractivity contribution < 1.29 is 4.79 Å². The third-order valence-electron chi connectivity index (χ3n) is 2.55. The minimum atomic E-state index is -0.170. The van der Waals surface area contributed by atoms with E-state index in [0.717, 1.165) is 10.6 Å². The van der Waals surface area contributed by atoms with E-state index in [9.17, 15) is 4.79 Å². The molecule has 2 aromatic rings. The van der Waals surface area contributed by atoms with Gasteiger partial charge in [-0.3, -0.25) is 4.79 Å². The van der Waals surface area contributed by atoms with Gasteiger partial charge in [-0.1, -0.05) is 23.2 Å². The molecule has 2 N–H and O–H groups in total. The lowest BCUT2D eigenvalue weighted by atomic mass is 10.1. The fourth-order valence-corrected chi connectivity index (χ4v) is 2.83. The third kappa shape index (κ3) is 3.62. The molecule has 1 heterocycles. The molecule has 0 bridgehead atoms. The van der Waals surface area contributed by atoms with Crippen molar-refractivity contribution in [3.8, 4) is 0 Å². The number of anilines is 1. The second-order valence-electron chi connectivity index (χ2n) is 3.83. The molecule has 0 atom stereocenters. The molecule has 0 aliphatic carbocycles. The summed E-state index contributed by atoms with van der Waals surface area (Å²) in [5, 5.41) is 6.34. The Kier molecular flexibility index (Phi) is 4.69. The number of rotatable bonds is 4. The minimum Gasteiger partial charge on any atom is -0.387 e. The molecule has 0 radical (unpaired) electrons. The third-order valence-corrected chi connectivity index (χ3v) is 4.01. The first kappa shape index (κ1) is 14.2. The zero-order valence-corrected chi connectivity index (χ0v) is 12.5. The number of amides is 1. The van der Waals surface area contributed by atoms with Crippen LogP contribution in [0.15, 0.2) is 30.3 Å². The van der Waals surface area contributed by atoms with Crippen LogP contribution in [0.3, 0.4) is 0 Å². The van der Waals surface area contributed by atoms with E-state index in [-0.39, 0.29) is 5.91 Å². The average molecular weight is 315 g/mol. The van der Waals surface area contributed by atoms with Gasteiger partial charge in [0.15, 0.2) is 0 Å². The molecule has 0 aliphatic heterocycles. The minimum absolute atomic E-state index is 0.170. The molecule has 0 spiro atoms. The molecule has 0 aliphatic rings. The average Bonchev–Trinajstić information content (AvgIpc) is 2.81. The van der Waals surface area contributed by atoms with Crippen molar-refractivity contribution in [3.63, 3.8) is 0 Å². The van der Waals surface area contributed by atoms with Crippen LogP contribution in [0.1, 0.15) is 15.2 Å². The number of halogens is 2. The van der Waals surface area contributed by atoms with Gasteiger partial charge in [0.2, 0.25) is 0 Å². The molecule has 2 rings (SSSR count). The maximum Gasteiger partial charge on any atom is 0.253 e. The number of nitrogens with one attached hydrogen (secondary N) is 2. The summed E-state index contributed by atoms with van der Waals surface area (Å²) in [5.74, 6) is -0.170. The van der Waals surface area contributed by atoms with E-state index < -0.39 is 0 Å². The van der Waals surface area contributed by atoms with Crippen LogP contribution in [0.5, 0.6) is 0 Å². The predicted molar refractivity (Wildman–Crippen MR) is 81.5 cm³/mol. The molecule has 0 fully saturated rings. The fraction of sp³-hybridized carbons (Fsp3) is 0.154. The Morgan fingerprint density at radius 2 is 2.05 bits per heavy atom. The molecule has 1 amide bonds. The Morgan fingerprint density at radius 3 is 2.68 bits per heavy atom. The lowest BCUT2D eigenvalue weighted by Crippen LogP contribution is -2.23. The Balaban J connectivity index is 2.09. The van der Waals surface area contributed by atoms with Crippen LogP contribution in [-0.4, -0.2) is 13.0 Å². The van der Waals surface area contributed by atoms with Crippen LogP contribution in [0, 0.1) is 0 Å². The Bertz CT molecular complexity index is 598. The van der Waals surface area contributed by atoms with Gasteiger partial charge in [-0.2, -0.15) is 0 Å². The second-order valence-corrected chi connectivity index (χ2v) is 6.06. The van der Waals surface area contributed by atoms with Crippen LogP contribution in [-0.2, 0) is 6.54 Å². The van der Waals surface area contributed by atoms with Crippen molar-refractivity contribution >= 4 is 46.1 Å². The number of carbonyl (C=O) groups is 1. The molecular formula is C13H12Cl2N2OS. The lowest BCUT2D eigenvalue weighted by molar-refractivity contribution is 0.0952. The van der Waals surface area contributed by atoms with Crippen molar-refractivity contribution in [2.24, 2.45) is 0 Å². The number of carbonyl (C=O) groups excluding carboxylic acids is 1. The smallest absolute Gasteiger partial charge is 0.253 e. The van der Waals surface area contributed by atoms with E-state index >= 15 is 0 Å². The van der Waals surface area contributed by atoms with Gasteiger partial charge < -0.3 is 10.6 Å². The highest BCUT2D eigenvalue weighted by atomic mass is 35.5. The second kappa shape index (κ2) is 6.28. The summed E-state index contributed by atoms with van der Waals surface area (Å²) in [6, 6.07) is 8.86. The largest absolute Gasteiger partial charge is 0.387 e. The molecule has 19 heavy (non-hydrogen) atoms. The van der Waals surface area contributed by atoms with Gasteiger partial charge in [-0.05, 0) is 30.3 Å². The Labute approximate surface area is 125 Å². The van der Waals surface area contributed by atoms with Crippen molar-refractivity contribution in [2.75, 3.05) is 12.4 Å². The molecule has 6 heteroatoms. The first-order valence-corrected chi connectivity index (χ1v) is 7.17. The summed E-state index contributed by atoms with van der Waals surface area (Å²) >= 11 is 13.2.